The molecule has 0 aliphatic rings. The molecule has 10 heteroatoms. The van der Waals surface area contributed by atoms with Gasteiger partial charge < -0.3 is 16.0 Å². The summed E-state index contributed by atoms with van der Waals surface area (Å²) in [7, 11) is 1.67. The number of benzene rings is 2. The molecule has 2 amide bonds. The Bertz CT molecular complexity index is 1480. The van der Waals surface area contributed by atoms with Crippen molar-refractivity contribution in [1.82, 2.24) is 24.6 Å². The number of nitrogens with zero attached hydrogens (tertiary/aromatic N) is 3. The van der Waals surface area contributed by atoms with Crippen LogP contribution in [0.1, 0.15) is 35.8 Å². The van der Waals surface area contributed by atoms with Crippen molar-refractivity contribution in [3.8, 4) is 11.3 Å². The van der Waals surface area contributed by atoms with Crippen LogP contribution >= 0.6 is 0 Å². The molecule has 0 saturated carbocycles. The third-order valence-corrected chi connectivity index (χ3v) is 5.74. The van der Waals surface area contributed by atoms with Crippen LogP contribution in [0.4, 0.5) is 0 Å². The van der Waals surface area contributed by atoms with Gasteiger partial charge in [-0.05, 0) is 25.5 Å². The zero-order chi connectivity index (χ0) is 25.3. The monoisotopic (exact) mass is 474 g/mol. The third-order valence-electron chi connectivity index (χ3n) is 5.74. The standard InChI is InChI=1S/C25H26N6O4/c1-14(2)31-19-11-7-10-16(21(19)28-25(31)35)20-17(13-30(3)29-20)24(34)27-18(22(32)23(26)33)12-15-8-5-4-6-9-15/h4-11,13-14,18H,12H2,1-3H3,(H2,26,33)(H,27,34)(H,28,35). The Hall–Kier alpha value is -4.47. The first-order valence-electron chi connectivity index (χ1n) is 11.1. The molecule has 0 radical (unpaired) electrons. The van der Waals surface area contributed by atoms with Gasteiger partial charge in [0.05, 0.1) is 16.6 Å². The molecule has 2 heterocycles. The van der Waals surface area contributed by atoms with E-state index in [0.29, 0.717) is 22.3 Å². The molecule has 0 spiro atoms. The predicted molar refractivity (Wildman–Crippen MR) is 131 cm³/mol. The molecule has 0 aliphatic carbocycles. The Morgan fingerprint density at radius 1 is 1.09 bits per heavy atom. The van der Waals surface area contributed by atoms with E-state index in [1.54, 1.807) is 48.0 Å². The number of aromatic nitrogens is 4. The van der Waals surface area contributed by atoms with Gasteiger partial charge in [0.1, 0.15) is 11.7 Å². The second-order valence-electron chi connectivity index (χ2n) is 8.60. The number of fused-ring (bicyclic) bond motifs is 1. The van der Waals surface area contributed by atoms with Gasteiger partial charge in [0.15, 0.2) is 0 Å². The van der Waals surface area contributed by atoms with Crippen molar-refractivity contribution >= 4 is 28.6 Å². The van der Waals surface area contributed by atoms with E-state index in [-0.39, 0.29) is 23.7 Å². The van der Waals surface area contributed by atoms with Gasteiger partial charge in [-0.1, -0.05) is 42.5 Å². The van der Waals surface area contributed by atoms with E-state index in [2.05, 4.69) is 15.4 Å². The highest BCUT2D eigenvalue weighted by Crippen LogP contribution is 2.29. The Morgan fingerprint density at radius 3 is 2.46 bits per heavy atom. The van der Waals surface area contributed by atoms with Gasteiger partial charge in [-0.25, -0.2) is 4.79 Å². The number of hydrogen-bond acceptors (Lipinski definition) is 5. The number of primary amides is 1. The number of aromatic amines is 1. The van der Waals surface area contributed by atoms with Crippen molar-refractivity contribution in [1.29, 1.82) is 0 Å². The molecule has 2 aromatic heterocycles. The Balaban J connectivity index is 1.74. The van der Waals surface area contributed by atoms with Crippen LogP contribution in [0.5, 0.6) is 0 Å². The number of hydrogen-bond donors (Lipinski definition) is 3. The first-order valence-corrected chi connectivity index (χ1v) is 11.1. The fourth-order valence-corrected chi connectivity index (χ4v) is 4.18. The van der Waals surface area contributed by atoms with Crippen LogP contribution < -0.4 is 16.7 Å². The molecule has 1 unspecified atom stereocenters. The molecule has 2 aromatic carbocycles. The van der Waals surface area contributed by atoms with E-state index >= 15 is 0 Å². The van der Waals surface area contributed by atoms with Crippen molar-refractivity contribution in [3.63, 3.8) is 0 Å². The highest BCUT2D eigenvalue weighted by atomic mass is 16.2. The number of carbonyl (C=O) groups excluding carboxylic acids is 3. The lowest BCUT2D eigenvalue weighted by atomic mass is 10.0. The Kier molecular flexibility index (Phi) is 6.37. The molecule has 0 bridgehead atoms. The lowest BCUT2D eigenvalue weighted by Crippen LogP contribution is -2.47. The predicted octanol–water partition coefficient (Wildman–Crippen LogP) is 1.71. The SMILES string of the molecule is CC(C)n1c(=O)[nH]c2c(-c3nn(C)cc3C(=O)NC(Cc3ccccc3)C(=O)C(N)=O)cccc21. The number of nitrogens with one attached hydrogen (secondary N) is 2. The number of Topliss-reactive ketones (excluding diaryl/α,β-unsaturated/α-hetero) is 1. The van der Waals surface area contributed by atoms with Crippen LogP contribution in [0.15, 0.2) is 59.5 Å². The van der Waals surface area contributed by atoms with Crippen LogP contribution in [0.2, 0.25) is 0 Å². The minimum atomic E-state index is -1.15. The lowest BCUT2D eigenvalue weighted by molar-refractivity contribution is -0.137. The van der Waals surface area contributed by atoms with Gasteiger partial charge in [-0.2, -0.15) is 5.10 Å². The molecule has 1 atom stereocenters. The van der Waals surface area contributed by atoms with E-state index in [1.807, 2.05) is 26.0 Å². The van der Waals surface area contributed by atoms with E-state index < -0.39 is 23.6 Å². The smallest absolute Gasteiger partial charge is 0.326 e. The maximum absolute atomic E-state index is 13.4. The molecule has 4 rings (SSSR count). The summed E-state index contributed by atoms with van der Waals surface area (Å²) in [6.45, 7) is 3.81. The van der Waals surface area contributed by atoms with Crippen molar-refractivity contribution in [3.05, 3.63) is 76.3 Å². The van der Waals surface area contributed by atoms with Gasteiger partial charge >= 0.3 is 5.69 Å². The van der Waals surface area contributed by atoms with Crippen molar-refractivity contribution in [2.24, 2.45) is 12.8 Å². The highest BCUT2D eigenvalue weighted by Gasteiger charge is 2.28. The minimum absolute atomic E-state index is 0.0726. The topological polar surface area (TPSA) is 145 Å². The number of para-hydroxylation sites is 1. The maximum Gasteiger partial charge on any atom is 0.326 e. The van der Waals surface area contributed by atoms with E-state index in [1.165, 1.54) is 10.9 Å². The summed E-state index contributed by atoms with van der Waals surface area (Å²) in [4.78, 5) is 52.9. The molecule has 35 heavy (non-hydrogen) atoms. The number of rotatable bonds is 8. The van der Waals surface area contributed by atoms with E-state index in [9.17, 15) is 19.2 Å². The van der Waals surface area contributed by atoms with Gasteiger partial charge in [0, 0.05) is 31.3 Å². The second-order valence-corrected chi connectivity index (χ2v) is 8.60. The normalized spacial score (nSPS) is 12.1. The van der Waals surface area contributed by atoms with Gasteiger partial charge in [0.25, 0.3) is 11.8 Å². The second kappa shape index (κ2) is 9.41. The number of imidazole rings is 1. The quantitative estimate of drug-likeness (QED) is 0.333. The van der Waals surface area contributed by atoms with Crippen LogP contribution in [0.3, 0.4) is 0 Å². The molecule has 4 N–H and O–H groups in total. The minimum Gasteiger partial charge on any atom is -0.363 e. The fourth-order valence-electron chi connectivity index (χ4n) is 4.18. The Labute approximate surface area is 200 Å². The maximum atomic E-state index is 13.4. The first kappa shape index (κ1) is 23.7. The van der Waals surface area contributed by atoms with Crippen molar-refractivity contribution < 1.29 is 14.4 Å². The summed E-state index contributed by atoms with van der Waals surface area (Å²) in [5.41, 5.74) is 8.05. The molecule has 0 saturated heterocycles. The van der Waals surface area contributed by atoms with Crippen LogP contribution in [0, 0.1) is 0 Å². The molecular formula is C25H26N6O4. The van der Waals surface area contributed by atoms with E-state index in [4.69, 9.17) is 5.73 Å². The summed E-state index contributed by atoms with van der Waals surface area (Å²) >= 11 is 0. The third kappa shape index (κ3) is 4.63. The molecule has 0 aliphatic heterocycles. The molecule has 0 fully saturated rings. The number of H-pyrrole nitrogens is 1. The summed E-state index contributed by atoms with van der Waals surface area (Å²) < 4.78 is 3.10. The summed E-state index contributed by atoms with van der Waals surface area (Å²) in [5, 5.41) is 7.10. The average Bonchev–Trinajstić information content (AvgIpc) is 3.37. The summed E-state index contributed by atoms with van der Waals surface area (Å²) in [6, 6.07) is 13.2. The zero-order valence-electron chi connectivity index (χ0n) is 19.6. The van der Waals surface area contributed by atoms with Crippen LogP contribution in [-0.4, -0.2) is 43.0 Å². The molecule has 4 aromatic rings. The molecular weight excluding hydrogens is 448 g/mol. The number of carbonyl (C=O) groups is 3. The zero-order valence-corrected chi connectivity index (χ0v) is 19.6. The van der Waals surface area contributed by atoms with Crippen molar-refractivity contribution in [2.75, 3.05) is 0 Å². The first-order chi connectivity index (χ1) is 16.7. The highest BCUT2D eigenvalue weighted by molar-refractivity contribution is 6.38. The van der Waals surface area contributed by atoms with Gasteiger partial charge in [-0.3, -0.25) is 23.6 Å². The van der Waals surface area contributed by atoms with Crippen molar-refractivity contribution in [2.45, 2.75) is 32.4 Å². The molecule has 180 valence electrons. The number of ketones is 1. The summed E-state index contributed by atoms with van der Waals surface area (Å²) in [6.07, 6.45) is 1.62. The van der Waals surface area contributed by atoms with Crippen LogP contribution in [0.25, 0.3) is 22.3 Å². The van der Waals surface area contributed by atoms with Crippen LogP contribution in [-0.2, 0) is 23.1 Å². The largest absolute Gasteiger partial charge is 0.363 e. The van der Waals surface area contributed by atoms with Gasteiger partial charge in [0.2, 0.25) is 5.78 Å². The lowest BCUT2D eigenvalue weighted by Gasteiger charge is -2.16. The van der Waals surface area contributed by atoms with E-state index in [0.717, 1.165) is 5.56 Å². The number of amides is 2. The number of nitrogens with two attached hydrogens (primary N) is 1. The Morgan fingerprint density at radius 2 is 1.80 bits per heavy atom. The van der Waals surface area contributed by atoms with Gasteiger partial charge in [-0.15, -0.1) is 0 Å². The average molecular weight is 475 g/mol. The fraction of sp³-hybridized carbons (Fsp3) is 0.240. The molecule has 10 nitrogen and oxygen atoms in total. The summed E-state index contributed by atoms with van der Waals surface area (Å²) in [5.74, 6) is -2.62. The number of aryl methyl sites for hydroxylation is 1.